The lowest BCUT2D eigenvalue weighted by Gasteiger charge is -2.28. The number of nitrogens with one attached hydrogen (secondary N) is 1. The molecule has 0 spiro atoms. The molecular formula is C11H23NO. The molecule has 0 atom stereocenters. The van der Waals surface area contributed by atoms with Crippen molar-refractivity contribution < 1.29 is 4.79 Å². The molecule has 2 nitrogen and oxygen atoms in total. The number of rotatable bonds is 5. The zero-order valence-electron chi connectivity index (χ0n) is 9.77. The molecule has 0 fully saturated rings. The molecule has 0 unspecified atom stereocenters. The Morgan fingerprint density at radius 3 is 2.00 bits per heavy atom. The second-order valence-corrected chi connectivity index (χ2v) is 4.98. The summed E-state index contributed by atoms with van der Waals surface area (Å²) < 4.78 is 0. The van der Waals surface area contributed by atoms with Crippen molar-refractivity contribution in [2.75, 3.05) is 0 Å². The van der Waals surface area contributed by atoms with Crippen LogP contribution in [-0.2, 0) is 4.79 Å². The van der Waals surface area contributed by atoms with Gasteiger partial charge in [0, 0.05) is 23.9 Å². The van der Waals surface area contributed by atoms with E-state index in [1.807, 2.05) is 13.8 Å². The maximum absolute atomic E-state index is 11.5. The Hall–Kier alpha value is -0.370. The van der Waals surface area contributed by atoms with Gasteiger partial charge in [-0.3, -0.25) is 4.79 Å². The third-order valence-electron chi connectivity index (χ3n) is 1.94. The van der Waals surface area contributed by atoms with Gasteiger partial charge in [-0.1, -0.05) is 27.7 Å². The average Bonchev–Trinajstić information content (AvgIpc) is 1.81. The summed E-state index contributed by atoms with van der Waals surface area (Å²) in [5.74, 6) is 0.478. The molecule has 0 heterocycles. The van der Waals surface area contributed by atoms with E-state index in [1.54, 1.807) is 0 Å². The smallest absolute Gasteiger partial charge is 0.137 e. The highest BCUT2D eigenvalue weighted by atomic mass is 16.1. The molecule has 0 rings (SSSR count). The van der Waals surface area contributed by atoms with Crippen LogP contribution in [0.15, 0.2) is 0 Å². The minimum absolute atomic E-state index is 0.0739. The van der Waals surface area contributed by atoms with Crippen molar-refractivity contribution in [3.05, 3.63) is 0 Å². The van der Waals surface area contributed by atoms with E-state index in [-0.39, 0.29) is 11.5 Å². The normalized spacial score (nSPS) is 12.6. The monoisotopic (exact) mass is 185 g/mol. The first-order valence-electron chi connectivity index (χ1n) is 5.05. The van der Waals surface area contributed by atoms with E-state index >= 15 is 0 Å². The first-order valence-corrected chi connectivity index (χ1v) is 5.05. The highest BCUT2D eigenvalue weighted by Gasteiger charge is 2.23. The fourth-order valence-electron chi connectivity index (χ4n) is 1.47. The second kappa shape index (κ2) is 4.75. The van der Waals surface area contributed by atoms with Crippen LogP contribution in [0.25, 0.3) is 0 Å². The van der Waals surface area contributed by atoms with E-state index in [4.69, 9.17) is 0 Å². The molecule has 1 N–H and O–H groups in total. The van der Waals surface area contributed by atoms with Gasteiger partial charge in [-0.25, -0.2) is 0 Å². The van der Waals surface area contributed by atoms with Gasteiger partial charge in [0.25, 0.3) is 0 Å². The van der Waals surface area contributed by atoms with E-state index in [0.717, 1.165) is 0 Å². The van der Waals surface area contributed by atoms with Crippen molar-refractivity contribution in [1.82, 2.24) is 5.32 Å². The Balaban J connectivity index is 4.09. The van der Waals surface area contributed by atoms with Gasteiger partial charge in [0.15, 0.2) is 0 Å². The number of hydrogen-bond acceptors (Lipinski definition) is 2. The standard InChI is InChI=1S/C11H23NO/c1-8(2)10(13)7-11(5,6)12-9(3)4/h8-9,12H,7H2,1-6H3. The van der Waals surface area contributed by atoms with Crippen LogP contribution >= 0.6 is 0 Å². The molecule has 0 aliphatic carbocycles. The number of carbonyl (C=O) groups excluding carboxylic acids is 1. The number of Topliss-reactive ketones (excluding diaryl/α,β-unsaturated/α-hetero) is 1. The second-order valence-electron chi connectivity index (χ2n) is 4.98. The SMILES string of the molecule is CC(C)NC(C)(C)CC(=O)C(C)C. The van der Waals surface area contributed by atoms with Crippen LogP contribution in [0.4, 0.5) is 0 Å². The summed E-state index contributed by atoms with van der Waals surface area (Å²) in [4.78, 5) is 11.5. The molecule has 0 aliphatic heterocycles. The van der Waals surface area contributed by atoms with E-state index in [9.17, 15) is 4.79 Å². The highest BCUT2D eigenvalue weighted by molar-refractivity contribution is 5.81. The van der Waals surface area contributed by atoms with Crippen molar-refractivity contribution >= 4 is 5.78 Å². The summed E-state index contributed by atoms with van der Waals surface area (Å²) in [6.07, 6.45) is 0.614. The maximum Gasteiger partial charge on any atom is 0.137 e. The van der Waals surface area contributed by atoms with Gasteiger partial charge in [-0.05, 0) is 13.8 Å². The number of hydrogen-bond donors (Lipinski definition) is 1. The van der Waals surface area contributed by atoms with E-state index < -0.39 is 0 Å². The largest absolute Gasteiger partial charge is 0.309 e. The van der Waals surface area contributed by atoms with Gasteiger partial charge in [-0.2, -0.15) is 0 Å². The Labute approximate surface area is 82.1 Å². The summed E-state index contributed by atoms with van der Waals surface area (Å²) in [5.41, 5.74) is -0.0739. The molecule has 0 aromatic rings. The summed E-state index contributed by atoms with van der Waals surface area (Å²) in [7, 11) is 0. The van der Waals surface area contributed by atoms with Crippen molar-refractivity contribution in [1.29, 1.82) is 0 Å². The van der Waals surface area contributed by atoms with Gasteiger partial charge in [0.05, 0.1) is 0 Å². The minimum Gasteiger partial charge on any atom is -0.309 e. The van der Waals surface area contributed by atoms with Crippen LogP contribution in [-0.4, -0.2) is 17.4 Å². The van der Waals surface area contributed by atoms with Crippen LogP contribution in [0.3, 0.4) is 0 Å². The van der Waals surface area contributed by atoms with Crippen molar-refractivity contribution in [2.45, 2.75) is 59.5 Å². The lowest BCUT2D eigenvalue weighted by molar-refractivity contribution is -0.123. The van der Waals surface area contributed by atoms with Crippen LogP contribution in [0.5, 0.6) is 0 Å². The quantitative estimate of drug-likeness (QED) is 0.712. The molecule has 0 saturated heterocycles. The molecule has 13 heavy (non-hydrogen) atoms. The lowest BCUT2D eigenvalue weighted by atomic mass is 9.92. The molecule has 78 valence electrons. The van der Waals surface area contributed by atoms with Crippen molar-refractivity contribution in [3.63, 3.8) is 0 Å². The number of ketones is 1. The third kappa shape index (κ3) is 5.81. The Kier molecular flexibility index (Phi) is 4.62. The van der Waals surface area contributed by atoms with Gasteiger partial charge in [-0.15, -0.1) is 0 Å². The van der Waals surface area contributed by atoms with Crippen LogP contribution in [0.2, 0.25) is 0 Å². The molecule has 0 aromatic carbocycles. The lowest BCUT2D eigenvalue weighted by Crippen LogP contribution is -2.45. The third-order valence-corrected chi connectivity index (χ3v) is 1.94. The summed E-state index contributed by atoms with van der Waals surface area (Å²) in [5, 5.41) is 3.38. The molecule has 0 amide bonds. The minimum atomic E-state index is -0.0739. The van der Waals surface area contributed by atoms with Crippen molar-refractivity contribution in [2.24, 2.45) is 5.92 Å². The van der Waals surface area contributed by atoms with Gasteiger partial charge < -0.3 is 5.32 Å². The first kappa shape index (κ1) is 12.6. The molecule has 0 aliphatic rings. The topological polar surface area (TPSA) is 29.1 Å². The highest BCUT2D eigenvalue weighted by Crippen LogP contribution is 2.13. The molecule has 0 radical (unpaired) electrons. The van der Waals surface area contributed by atoms with Gasteiger partial charge in [0.1, 0.15) is 5.78 Å². The zero-order chi connectivity index (χ0) is 10.6. The zero-order valence-corrected chi connectivity index (χ0v) is 9.77. The Morgan fingerprint density at radius 1 is 1.23 bits per heavy atom. The van der Waals surface area contributed by atoms with E-state index in [1.165, 1.54) is 0 Å². The fourth-order valence-corrected chi connectivity index (χ4v) is 1.47. The van der Waals surface area contributed by atoms with Gasteiger partial charge >= 0.3 is 0 Å². The average molecular weight is 185 g/mol. The summed E-state index contributed by atoms with van der Waals surface area (Å²) in [6, 6.07) is 0.426. The molecule has 0 bridgehead atoms. The van der Waals surface area contributed by atoms with Crippen molar-refractivity contribution in [3.8, 4) is 0 Å². The number of carbonyl (C=O) groups is 1. The molecule has 2 heteroatoms. The van der Waals surface area contributed by atoms with E-state index in [0.29, 0.717) is 18.2 Å². The van der Waals surface area contributed by atoms with Crippen LogP contribution in [0.1, 0.15) is 48.0 Å². The van der Waals surface area contributed by atoms with Crippen LogP contribution in [0, 0.1) is 5.92 Å². The summed E-state index contributed by atoms with van der Waals surface area (Å²) >= 11 is 0. The van der Waals surface area contributed by atoms with Crippen LogP contribution < -0.4 is 5.32 Å². The Morgan fingerprint density at radius 2 is 1.69 bits per heavy atom. The fraction of sp³-hybridized carbons (Fsp3) is 0.909. The van der Waals surface area contributed by atoms with E-state index in [2.05, 4.69) is 33.0 Å². The van der Waals surface area contributed by atoms with Gasteiger partial charge in [0.2, 0.25) is 0 Å². The Bertz CT molecular complexity index is 171. The molecule has 0 aromatic heterocycles. The first-order chi connectivity index (χ1) is 5.74. The predicted octanol–water partition coefficient (Wildman–Crippen LogP) is 2.38. The molecular weight excluding hydrogens is 162 g/mol. The predicted molar refractivity (Wildman–Crippen MR) is 56.8 cm³/mol. The maximum atomic E-state index is 11.5. The summed E-state index contributed by atoms with van der Waals surface area (Å²) in [6.45, 7) is 12.3. The molecule has 0 saturated carbocycles.